The number of halogens is 1. The molecule has 1 N–H and O–H groups in total. The Kier molecular flexibility index (Phi) is 5.20. The molecular formula is C22H13FN4O2S. The number of aromatic nitrogens is 1. The molecule has 0 aliphatic heterocycles. The van der Waals surface area contributed by atoms with Crippen molar-refractivity contribution in [3.63, 3.8) is 0 Å². The van der Waals surface area contributed by atoms with Crippen LogP contribution in [-0.2, 0) is 0 Å². The fourth-order valence-corrected chi connectivity index (χ4v) is 3.71. The van der Waals surface area contributed by atoms with E-state index in [9.17, 15) is 19.8 Å². The zero-order valence-corrected chi connectivity index (χ0v) is 16.2. The Morgan fingerprint density at radius 2 is 1.97 bits per heavy atom. The average molecular weight is 416 g/mol. The van der Waals surface area contributed by atoms with Crippen LogP contribution in [0.15, 0.2) is 72.2 Å². The summed E-state index contributed by atoms with van der Waals surface area (Å²) in [5, 5.41) is 27.8. The van der Waals surface area contributed by atoms with Crippen molar-refractivity contribution in [2.75, 3.05) is 5.32 Å². The third kappa shape index (κ3) is 3.87. The van der Waals surface area contributed by atoms with Gasteiger partial charge in [-0.15, -0.1) is 11.3 Å². The second-order valence-electron chi connectivity index (χ2n) is 6.34. The first-order valence-electron chi connectivity index (χ1n) is 8.81. The lowest BCUT2D eigenvalue weighted by atomic mass is 10.1. The third-order valence-electron chi connectivity index (χ3n) is 4.43. The smallest absolute Gasteiger partial charge is 0.306 e. The van der Waals surface area contributed by atoms with Crippen molar-refractivity contribution in [1.82, 2.24) is 4.98 Å². The van der Waals surface area contributed by atoms with E-state index in [1.54, 1.807) is 0 Å². The van der Waals surface area contributed by atoms with Gasteiger partial charge in [0.2, 0.25) is 5.82 Å². The summed E-state index contributed by atoms with van der Waals surface area (Å²) in [7, 11) is 0. The van der Waals surface area contributed by atoms with Gasteiger partial charge in [0, 0.05) is 28.9 Å². The van der Waals surface area contributed by atoms with Crippen LogP contribution in [-0.4, -0.2) is 9.91 Å². The van der Waals surface area contributed by atoms with Crippen LogP contribution in [0.5, 0.6) is 0 Å². The molecule has 0 radical (unpaired) electrons. The molecule has 30 heavy (non-hydrogen) atoms. The van der Waals surface area contributed by atoms with Crippen molar-refractivity contribution in [3.05, 3.63) is 93.2 Å². The second kappa shape index (κ2) is 8.11. The highest BCUT2D eigenvalue weighted by Crippen LogP contribution is 2.29. The maximum atomic E-state index is 13.5. The lowest BCUT2D eigenvalue weighted by molar-refractivity contribution is -0.387. The number of thiazole rings is 1. The van der Waals surface area contributed by atoms with Crippen molar-refractivity contribution < 1.29 is 9.31 Å². The normalized spacial score (nSPS) is 11.3. The summed E-state index contributed by atoms with van der Waals surface area (Å²) in [6.45, 7) is 0. The summed E-state index contributed by atoms with van der Waals surface area (Å²) in [5.74, 6) is -0.921. The number of hydrogen-bond donors (Lipinski definition) is 1. The van der Waals surface area contributed by atoms with Gasteiger partial charge in [-0.2, -0.15) is 9.65 Å². The number of anilines is 1. The number of nitriles is 1. The van der Waals surface area contributed by atoms with Crippen molar-refractivity contribution in [2.24, 2.45) is 0 Å². The molecule has 0 spiro atoms. The summed E-state index contributed by atoms with van der Waals surface area (Å²) in [6, 6.07) is 19.6. The summed E-state index contributed by atoms with van der Waals surface area (Å²) < 4.78 is 13.5. The SMILES string of the molecule is N#CC(=CNc1ccc(F)c([N+](=O)[O-])c1)c1nc(-c2ccc3ccccc3c2)cs1. The van der Waals surface area contributed by atoms with E-state index in [0.29, 0.717) is 10.7 Å². The van der Waals surface area contributed by atoms with Gasteiger partial charge >= 0.3 is 5.69 Å². The maximum absolute atomic E-state index is 13.5. The summed E-state index contributed by atoms with van der Waals surface area (Å²) in [6.07, 6.45) is 1.40. The number of hydrogen-bond acceptors (Lipinski definition) is 6. The van der Waals surface area contributed by atoms with Gasteiger partial charge in [0.15, 0.2) is 0 Å². The summed E-state index contributed by atoms with van der Waals surface area (Å²) in [4.78, 5) is 14.6. The Bertz CT molecular complexity index is 1340. The summed E-state index contributed by atoms with van der Waals surface area (Å²) >= 11 is 1.32. The van der Waals surface area contributed by atoms with E-state index >= 15 is 0 Å². The maximum Gasteiger partial charge on any atom is 0.306 e. The van der Waals surface area contributed by atoms with Crippen LogP contribution >= 0.6 is 11.3 Å². The summed E-state index contributed by atoms with van der Waals surface area (Å²) in [5.41, 5.74) is 1.61. The number of rotatable bonds is 5. The molecule has 0 atom stereocenters. The molecule has 4 rings (SSSR count). The minimum atomic E-state index is -0.921. The minimum absolute atomic E-state index is 0.263. The largest absolute Gasteiger partial charge is 0.360 e. The molecule has 1 heterocycles. The van der Waals surface area contributed by atoms with E-state index in [4.69, 9.17) is 0 Å². The second-order valence-corrected chi connectivity index (χ2v) is 7.20. The molecule has 0 saturated carbocycles. The molecule has 0 bridgehead atoms. The zero-order chi connectivity index (χ0) is 21.1. The molecule has 1 aromatic heterocycles. The first-order chi connectivity index (χ1) is 14.5. The molecule has 146 valence electrons. The van der Waals surface area contributed by atoms with Crippen LogP contribution in [0.2, 0.25) is 0 Å². The van der Waals surface area contributed by atoms with Gasteiger partial charge in [0.1, 0.15) is 16.6 Å². The number of fused-ring (bicyclic) bond motifs is 1. The molecule has 6 nitrogen and oxygen atoms in total. The van der Waals surface area contributed by atoms with Gasteiger partial charge in [-0.3, -0.25) is 10.1 Å². The predicted octanol–water partition coefficient (Wildman–Crippen LogP) is 5.99. The first kappa shape index (κ1) is 19.2. The molecule has 0 unspecified atom stereocenters. The highest BCUT2D eigenvalue weighted by Gasteiger charge is 2.14. The van der Waals surface area contributed by atoms with Gasteiger partial charge in [0.25, 0.3) is 0 Å². The van der Waals surface area contributed by atoms with Crippen molar-refractivity contribution >= 4 is 39.1 Å². The molecule has 3 aromatic carbocycles. The van der Waals surface area contributed by atoms with Crippen LogP contribution in [0.4, 0.5) is 15.8 Å². The highest BCUT2D eigenvalue weighted by molar-refractivity contribution is 7.11. The fourth-order valence-electron chi connectivity index (χ4n) is 2.92. The molecule has 0 amide bonds. The van der Waals surface area contributed by atoms with E-state index < -0.39 is 16.4 Å². The molecule has 0 fully saturated rings. The molecule has 0 saturated heterocycles. The number of allylic oxidation sites excluding steroid dienone is 1. The lowest BCUT2D eigenvalue weighted by Crippen LogP contribution is -1.96. The Hall–Kier alpha value is -4.09. The van der Waals surface area contributed by atoms with E-state index in [-0.39, 0.29) is 5.57 Å². The van der Waals surface area contributed by atoms with Crippen molar-refractivity contribution in [2.45, 2.75) is 0 Å². The van der Waals surface area contributed by atoms with Crippen LogP contribution in [0.25, 0.3) is 27.6 Å². The third-order valence-corrected chi connectivity index (χ3v) is 5.30. The number of nitro groups is 1. The fraction of sp³-hybridized carbons (Fsp3) is 0. The molecule has 0 aliphatic carbocycles. The van der Waals surface area contributed by atoms with Gasteiger partial charge in [0.05, 0.1) is 10.6 Å². The Balaban J connectivity index is 1.60. The van der Waals surface area contributed by atoms with E-state index in [1.165, 1.54) is 23.6 Å². The predicted molar refractivity (Wildman–Crippen MR) is 115 cm³/mol. The number of benzene rings is 3. The molecule has 0 aliphatic rings. The molecule has 8 heteroatoms. The Morgan fingerprint density at radius 3 is 2.73 bits per heavy atom. The lowest BCUT2D eigenvalue weighted by Gasteiger charge is -2.02. The van der Waals surface area contributed by atoms with Gasteiger partial charge in [-0.05, 0) is 29.0 Å². The van der Waals surface area contributed by atoms with Crippen LogP contribution in [0, 0.1) is 27.3 Å². The minimum Gasteiger partial charge on any atom is -0.360 e. The van der Waals surface area contributed by atoms with Crippen LogP contribution in [0.1, 0.15) is 5.01 Å². The zero-order valence-electron chi connectivity index (χ0n) is 15.4. The standard InChI is InChI=1S/C22H13FN4O2S/c23-19-8-7-18(10-21(19)27(28)29)25-12-17(11-24)22-26-20(13-30-22)16-6-5-14-3-1-2-4-15(14)9-16/h1-10,12-13,25H. The quantitative estimate of drug-likeness (QED) is 0.245. The van der Waals surface area contributed by atoms with Crippen molar-refractivity contribution in [3.8, 4) is 17.3 Å². The highest BCUT2D eigenvalue weighted by atomic mass is 32.1. The van der Waals surface area contributed by atoms with E-state index in [0.717, 1.165) is 34.2 Å². The van der Waals surface area contributed by atoms with Gasteiger partial charge in [-0.25, -0.2) is 4.98 Å². The van der Waals surface area contributed by atoms with Gasteiger partial charge in [-0.1, -0.05) is 36.4 Å². The van der Waals surface area contributed by atoms with Crippen LogP contribution < -0.4 is 5.32 Å². The number of nitro benzene ring substituents is 1. The van der Waals surface area contributed by atoms with Crippen LogP contribution in [0.3, 0.4) is 0 Å². The van der Waals surface area contributed by atoms with E-state index in [2.05, 4.69) is 16.4 Å². The molecular weight excluding hydrogens is 403 g/mol. The monoisotopic (exact) mass is 416 g/mol. The first-order valence-corrected chi connectivity index (χ1v) is 9.69. The van der Waals surface area contributed by atoms with Gasteiger partial charge < -0.3 is 5.32 Å². The van der Waals surface area contributed by atoms with Crippen molar-refractivity contribution in [1.29, 1.82) is 5.26 Å². The topological polar surface area (TPSA) is 91.8 Å². The Morgan fingerprint density at radius 1 is 1.17 bits per heavy atom. The average Bonchev–Trinajstić information content (AvgIpc) is 3.25. The Labute approximate surface area is 174 Å². The number of nitrogens with zero attached hydrogens (tertiary/aromatic N) is 3. The molecule has 4 aromatic rings. The van der Waals surface area contributed by atoms with E-state index in [1.807, 2.05) is 47.8 Å². The number of nitrogens with one attached hydrogen (secondary N) is 1.